The normalized spacial score (nSPS) is 10.4. The van der Waals surface area contributed by atoms with Gasteiger partial charge in [-0.1, -0.05) is 29.8 Å². The van der Waals surface area contributed by atoms with E-state index < -0.39 is 11.6 Å². The van der Waals surface area contributed by atoms with E-state index in [0.717, 1.165) is 6.07 Å². The van der Waals surface area contributed by atoms with Crippen LogP contribution in [0.5, 0.6) is 5.75 Å². The Hall–Kier alpha value is -1.61. The van der Waals surface area contributed by atoms with Crippen LogP contribution in [-0.4, -0.2) is 5.11 Å². The van der Waals surface area contributed by atoms with E-state index in [-0.39, 0.29) is 21.9 Å². The maximum atomic E-state index is 13.6. The molecule has 0 aliphatic carbocycles. The predicted octanol–water partition coefficient (Wildman–Crippen LogP) is 3.99. The summed E-state index contributed by atoms with van der Waals surface area (Å²) in [5.74, 6) is -2.20. The van der Waals surface area contributed by atoms with Crippen molar-refractivity contribution in [2.45, 2.75) is 0 Å². The fourth-order valence-electron chi connectivity index (χ4n) is 1.46. The first kappa shape index (κ1) is 10.9. The Morgan fingerprint density at radius 2 is 1.69 bits per heavy atom. The largest absolute Gasteiger partial charge is 0.507 e. The molecule has 0 spiro atoms. The Bertz CT molecular complexity index is 541. The molecule has 0 aromatic heterocycles. The average Bonchev–Trinajstić information content (AvgIpc) is 2.27. The lowest BCUT2D eigenvalue weighted by Gasteiger charge is -2.08. The minimum absolute atomic E-state index is 0.0559. The summed E-state index contributed by atoms with van der Waals surface area (Å²) in [4.78, 5) is 0. The third kappa shape index (κ3) is 1.74. The molecule has 2 aromatic rings. The zero-order chi connectivity index (χ0) is 11.7. The van der Waals surface area contributed by atoms with Crippen molar-refractivity contribution in [1.29, 1.82) is 0 Å². The van der Waals surface area contributed by atoms with Crippen molar-refractivity contribution in [1.82, 2.24) is 0 Å². The number of para-hydroxylation sites is 1. The minimum Gasteiger partial charge on any atom is -0.507 e. The van der Waals surface area contributed by atoms with Crippen molar-refractivity contribution < 1.29 is 13.9 Å². The van der Waals surface area contributed by atoms with Crippen LogP contribution < -0.4 is 0 Å². The molecule has 2 rings (SSSR count). The molecule has 0 saturated heterocycles. The summed E-state index contributed by atoms with van der Waals surface area (Å²) >= 11 is 5.79. The number of rotatable bonds is 1. The molecule has 0 saturated carbocycles. The molecule has 0 amide bonds. The lowest BCUT2D eigenvalue weighted by molar-refractivity contribution is 0.475. The number of phenols is 1. The second kappa shape index (κ2) is 4.10. The van der Waals surface area contributed by atoms with Crippen LogP contribution in [-0.2, 0) is 0 Å². The second-order valence-electron chi connectivity index (χ2n) is 3.24. The van der Waals surface area contributed by atoms with Gasteiger partial charge in [0, 0.05) is 11.1 Å². The van der Waals surface area contributed by atoms with Gasteiger partial charge < -0.3 is 5.11 Å². The molecular weight excluding hydrogens is 234 g/mol. The molecule has 0 fully saturated rings. The Morgan fingerprint density at radius 1 is 1.00 bits per heavy atom. The summed E-state index contributed by atoms with van der Waals surface area (Å²) < 4.78 is 26.6. The highest BCUT2D eigenvalue weighted by Gasteiger charge is 2.16. The minimum atomic E-state index is -1.06. The number of hydrogen-bond acceptors (Lipinski definition) is 1. The van der Waals surface area contributed by atoms with Crippen molar-refractivity contribution in [3.63, 3.8) is 0 Å². The van der Waals surface area contributed by atoms with Crippen LogP contribution in [0.2, 0.25) is 5.02 Å². The first-order valence-corrected chi connectivity index (χ1v) is 4.91. The van der Waals surface area contributed by atoms with Gasteiger partial charge in [0.2, 0.25) is 0 Å². The molecule has 0 radical (unpaired) electrons. The lowest BCUT2D eigenvalue weighted by atomic mass is 10.0. The van der Waals surface area contributed by atoms with E-state index in [4.69, 9.17) is 11.6 Å². The first-order valence-electron chi connectivity index (χ1n) is 4.53. The van der Waals surface area contributed by atoms with E-state index in [1.165, 1.54) is 18.2 Å². The van der Waals surface area contributed by atoms with Gasteiger partial charge in [-0.2, -0.15) is 0 Å². The zero-order valence-corrected chi connectivity index (χ0v) is 8.80. The molecule has 0 aliphatic heterocycles. The molecule has 1 N–H and O–H groups in total. The van der Waals surface area contributed by atoms with Gasteiger partial charge in [0.05, 0.1) is 5.02 Å². The predicted molar refractivity (Wildman–Crippen MR) is 58.5 cm³/mol. The van der Waals surface area contributed by atoms with E-state index in [0.29, 0.717) is 0 Å². The lowest BCUT2D eigenvalue weighted by Crippen LogP contribution is -1.91. The van der Waals surface area contributed by atoms with Gasteiger partial charge in [-0.15, -0.1) is 0 Å². The quantitative estimate of drug-likeness (QED) is 0.748. The Labute approximate surface area is 95.9 Å². The zero-order valence-electron chi connectivity index (χ0n) is 8.05. The van der Waals surface area contributed by atoms with Crippen LogP contribution in [0.3, 0.4) is 0 Å². The highest BCUT2D eigenvalue weighted by molar-refractivity contribution is 6.33. The molecule has 0 atom stereocenters. The van der Waals surface area contributed by atoms with Crippen molar-refractivity contribution in [3.05, 3.63) is 53.1 Å². The Balaban J connectivity index is 2.74. The van der Waals surface area contributed by atoms with Crippen LogP contribution in [0.15, 0.2) is 36.4 Å². The van der Waals surface area contributed by atoms with E-state index in [1.807, 2.05) is 0 Å². The molecule has 0 aliphatic rings. The van der Waals surface area contributed by atoms with Crippen molar-refractivity contribution in [2.75, 3.05) is 0 Å². The van der Waals surface area contributed by atoms with Crippen LogP contribution in [0.4, 0.5) is 8.78 Å². The van der Waals surface area contributed by atoms with Crippen LogP contribution >= 0.6 is 11.6 Å². The highest BCUT2D eigenvalue weighted by atomic mass is 35.5. The third-order valence-electron chi connectivity index (χ3n) is 2.22. The van der Waals surface area contributed by atoms with Crippen LogP contribution in [0.1, 0.15) is 0 Å². The van der Waals surface area contributed by atoms with Crippen molar-refractivity contribution in [3.8, 4) is 16.9 Å². The summed E-state index contributed by atoms with van der Waals surface area (Å²) in [6.07, 6.45) is 0. The second-order valence-corrected chi connectivity index (χ2v) is 3.64. The molecule has 0 unspecified atom stereocenters. The number of aromatic hydroxyl groups is 1. The summed E-state index contributed by atoms with van der Waals surface area (Å²) in [5.41, 5.74) is 0.0456. The number of halogens is 3. The van der Waals surface area contributed by atoms with Crippen LogP contribution in [0, 0.1) is 11.6 Å². The van der Waals surface area contributed by atoms with Gasteiger partial charge in [0.15, 0.2) is 11.6 Å². The fourth-order valence-corrected chi connectivity index (χ4v) is 1.71. The Kier molecular flexibility index (Phi) is 2.79. The molecular formula is C12H7ClF2O. The molecule has 16 heavy (non-hydrogen) atoms. The van der Waals surface area contributed by atoms with Gasteiger partial charge in [0.1, 0.15) is 5.75 Å². The molecule has 0 heterocycles. The van der Waals surface area contributed by atoms with Gasteiger partial charge in [0.25, 0.3) is 0 Å². The summed E-state index contributed by atoms with van der Waals surface area (Å²) in [6.45, 7) is 0. The first-order chi connectivity index (χ1) is 7.61. The maximum Gasteiger partial charge on any atom is 0.168 e. The third-order valence-corrected chi connectivity index (χ3v) is 2.53. The SMILES string of the molecule is Oc1ccccc1-c1c(Cl)ccc(F)c1F. The Morgan fingerprint density at radius 3 is 2.38 bits per heavy atom. The highest BCUT2D eigenvalue weighted by Crippen LogP contribution is 2.36. The van der Waals surface area contributed by atoms with Gasteiger partial charge in [-0.3, -0.25) is 0 Å². The fraction of sp³-hybridized carbons (Fsp3) is 0. The standard InChI is InChI=1S/C12H7ClF2O/c13-8-5-6-9(14)12(15)11(8)7-3-1-2-4-10(7)16/h1-6,16H. The van der Waals surface area contributed by atoms with Crippen molar-refractivity contribution >= 4 is 11.6 Å². The van der Waals surface area contributed by atoms with E-state index in [2.05, 4.69) is 0 Å². The van der Waals surface area contributed by atoms with Gasteiger partial charge >= 0.3 is 0 Å². The molecule has 82 valence electrons. The maximum absolute atomic E-state index is 13.6. The van der Waals surface area contributed by atoms with Crippen LogP contribution in [0.25, 0.3) is 11.1 Å². The average molecular weight is 241 g/mol. The molecule has 0 bridgehead atoms. The number of hydrogen-bond donors (Lipinski definition) is 1. The topological polar surface area (TPSA) is 20.2 Å². The monoisotopic (exact) mass is 240 g/mol. The smallest absolute Gasteiger partial charge is 0.168 e. The molecule has 1 nitrogen and oxygen atoms in total. The molecule has 4 heteroatoms. The van der Waals surface area contributed by atoms with Crippen molar-refractivity contribution in [2.24, 2.45) is 0 Å². The number of phenolic OH excluding ortho intramolecular Hbond substituents is 1. The summed E-state index contributed by atoms with van der Waals surface area (Å²) in [5, 5.41) is 9.61. The van der Waals surface area contributed by atoms with E-state index in [9.17, 15) is 13.9 Å². The molecule has 2 aromatic carbocycles. The van der Waals surface area contributed by atoms with Gasteiger partial charge in [-0.25, -0.2) is 8.78 Å². The van der Waals surface area contributed by atoms with E-state index in [1.54, 1.807) is 12.1 Å². The summed E-state index contributed by atoms with van der Waals surface area (Å²) in [6, 6.07) is 8.25. The van der Waals surface area contributed by atoms with E-state index >= 15 is 0 Å². The van der Waals surface area contributed by atoms with Gasteiger partial charge in [-0.05, 0) is 18.2 Å². The summed E-state index contributed by atoms with van der Waals surface area (Å²) in [7, 11) is 0. The number of benzene rings is 2.